The molecular formula is C67H45N5. The van der Waals surface area contributed by atoms with Crippen LogP contribution in [0.15, 0.2) is 271 Å². The summed E-state index contributed by atoms with van der Waals surface area (Å²) < 4.78 is 0. The molecule has 0 saturated heterocycles. The van der Waals surface area contributed by atoms with E-state index in [0.29, 0.717) is 11.7 Å². The van der Waals surface area contributed by atoms with Crippen molar-refractivity contribution in [3.05, 3.63) is 278 Å². The Bertz CT molecular complexity index is 3970. The van der Waals surface area contributed by atoms with Gasteiger partial charge in [-0.15, -0.1) is 0 Å². The van der Waals surface area contributed by atoms with Crippen LogP contribution in [0.25, 0.3) is 99.6 Å². The highest BCUT2D eigenvalue weighted by atomic mass is 15.2. The van der Waals surface area contributed by atoms with Gasteiger partial charge < -0.3 is 5.32 Å². The Kier molecular flexibility index (Phi) is 10.9. The summed E-state index contributed by atoms with van der Waals surface area (Å²) >= 11 is 0. The quantitative estimate of drug-likeness (QED) is 0.157. The molecule has 5 heteroatoms. The lowest BCUT2D eigenvalue weighted by atomic mass is 9.88. The van der Waals surface area contributed by atoms with Crippen LogP contribution in [0.1, 0.15) is 22.9 Å². The van der Waals surface area contributed by atoms with Gasteiger partial charge in [-0.2, -0.15) is 0 Å². The number of hydrogen-bond acceptors (Lipinski definition) is 5. The van der Waals surface area contributed by atoms with Crippen molar-refractivity contribution in [2.45, 2.75) is 6.17 Å². The van der Waals surface area contributed by atoms with Crippen molar-refractivity contribution in [2.24, 2.45) is 9.98 Å². The van der Waals surface area contributed by atoms with Gasteiger partial charge in [0, 0.05) is 27.8 Å². The van der Waals surface area contributed by atoms with Gasteiger partial charge in [0.1, 0.15) is 12.0 Å². The molecule has 1 atom stereocenters. The van der Waals surface area contributed by atoms with Crippen LogP contribution in [-0.4, -0.2) is 21.6 Å². The number of amidine groups is 2. The standard InChI is InChI=1S/C67H45N5/c1-4-18-47(19-5-1)62-43-63(48-20-6-2-7-21-48)69-64(68-62)50-35-31-45(32-36-50)53-39-41-59(57-28-14-12-26-55(53)57)60-42-40-54(56-27-13-15-29-58(56)60)46-33-37-51(38-34-46)66-70-65(49-22-8-3-9-23-49)71-67(72-66)61-30-16-24-44-17-10-11-25-52(44)61/h1-43,65H,(H,70,71,72). The number of nitrogens with one attached hydrogen (secondary N) is 1. The number of rotatable bonds is 9. The lowest BCUT2D eigenvalue weighted by Gasteiger charge is -2.24. The lowest BCUT2D eigenvalue weighted by Crippen LogP contribution is -2.33. The highest BCUT2D eigenvalue weighted by Gasteiger charge is 2.23. The predicted molar refractivity (Wildman–Crippen MR) is 299 cm³/mol. The van der Waals surface area contributed by atoms with Crippen molar-refractivity contribution in [3.8, 4) is 67.3 Å². The maximum atomic E-state index is 5.19. The second kappa shape index (κ2) is 18.4. The van der Waals surface area contributed by atoms with E-state index in [2.05, 4.69) is 224 Å². The van der Waals surface area contributed by atoms with Crippen LogP contribution in [0.3, 0.4) is 0 Å². The molecule has 0 saturated carbocycles. The SMILES string of the molecule is c1ccc(-c2cc(-c3ccccc3)nc(-c3ccc(-c4ccc(-c5ccc(-c6ccc(C7=NC(c8ccccc8)NC(c8cccc9ccccc89)=N7)cc6)c6ccccc56)c5ccccc45)cc3)n2)cc1. The van der Waals surface area contributed by atoms with Crippen molar-refractivity contribution in [1.82, 2.24) is 15.3 Å². The molecule has 5 nitrogen and oxygen atoms in total. The number of hydrogen-bond donors (Lipinski definition) is 1. The van der Waals surface area contributed by atoms with E-state index in [1.807, 2.05) is 42.5 Å². The Hall–Kier alpha value is -9.58. The van der Waals surface area contributed by atoms with Gasteiger partial charge in [-0.05, 0) is 77.3 Å². The van der Waals surface area contributed by atoms with Crippen LogP contribution in [-0.2, 0) is 0 Å². The molecule has 1 N–H and O–H groups in total. The Balaban J connectivity index is 0.832. The summed E-state index contributed by atoms with van der Waals surface area (Å²) in [6.45, 7) is 0. The monoisotopic (exact) mass is 919 g/mol. The maximum absolute atomic E-state index is 5.19. The molecule has 1 aliphatic heterocycles. The van der Waals surface area contributed by atoms with E-state index < -0.39 is 0 Å². The van der Waals surface area contributed by atoms with E-state index in [-0.39, 0.29) is 6.17 Å². The van der Waals surface area contributed by atoms with Crippen LogP contribution in [0.2, 0.25) is 0 Å². The van der Waals surface area contributed by atoms with Gasteiger partial charge in [0.05, 0.1) is 11.4 Å². The molecule has 1 unspecified atom stereocenters. The molecule has 0 bridgehead atoms. The third kappa shape index (κ3) is 7.99. The fourth-order valence-electron chi connectivity index (χ4n) is 10.2. The lowest BCUT2D eigenvalue weighted by molar-refractivity contribution is 0.674. The molecule has 1 aromatic heterocycles. The highest BCUT2D eigenvalue weighted by molar-refractivity contribution is 6.18. The summed E-state index contributed by atoms with van der Waals surface area (Å²) in [4.78, 5) is 20.5. The number of nitrogens with zero attached hydrogens (tertiary/aromatic N) is 4. The minimum Gasteiger partial charge on any atom is -0.344 e. The van der Waals surface area contributed by atoms with E-state index in [1.165, 1.54) is 49.2 Å². The van der Waals surface area contributed by atoms with Gasteiger partial charge in [0.15, 0.2) is 11.7 Å². The predicted octanol–water partition coefficient (Wildman–Crippen LogP) is 16.4. The molecule has 72 heavy (non-hydrogen) atoms. The van der Waals surface area contributed by atoms with Gasteiger partial charge in [0.25, 0.3) is 0 Å². The van der Waals surface area contributed by atoms with Crippen molar-refractivity contribution in [2.75, 3.05) is 0 Å². The second-order valence-corrected chi connectivity index (χ2v) is 18.2. The molecule has 338 valence electrons. The van der Waals surface area contributed by atoms with E-state index in [0.717, 1.165) is 67.1 Å². The smallest absolute Gasteiger partial charge is 0.160 e. The third-order valence-electron chi connectivity index (χ3n) is 13.8. The van der Waals surface area contributed by atoms with Crippen molar-refractivity contribution in [3.63, 3.8) is 0 Å². The topological polar surface area (TPSA) is 62.5 Å². The normalized spacial score (nSPS) is 13.4. The molecule has 0 spiro atoms. The first kappa shape index (κ1) is 42.5. The zero-order chi connectivity index (χ0) is 47.8. The second-order valence-electron chi connectivity index (χ2n) is 18.2. The van der Waals surface area contributed by atoms with E-state index in [9.17, 15) is 0 Å². The first-order valence-electron chi connectivity index (χ1n) is 24.4. The Labute approximate surface area is 418 Å². The largest absolute Gasteiger partial charge is 0.344 e. The molecule has 1 aliphatic rings. The fourth-order valence-corrected chi connectivity index (χ4v) is 10.2. The van der Waals surface area contributed by atoms with Crippen LogP contribution < -0.4 is 5.32 Å². The van der Waals surface area contributed by atoms with E-state index in [1.54, 1.807) is 0 Å². The summed E-state index contributed by atoms with van der Waals surface area (Å²) in [6, 6.07) is 92.0. The summed E-state index contributed by atoms with van der Waals surface area (Å²) in [5.74, 6) is 2.20. The van der Waals surface area contributed by atoms with Gasteiger partial charge in [0.2, 0.25) is 0 Å². The summed E-state index contributed by atoms with van der Waals surface area (Å²) in [6.07, 6.45) is -0.285. The van der Waals surface area contributed by atoms with Crippen molar-refractivity contribution < 1.29 is 0 Å². The number of benzene rings is 11. The third-order valence-corrected chi connectivity index (χ3v) is 13.8. The first-order chi connectivity index (χ1) is 35.7. The number of fused-ring (bicyclic) bond motifs is 3. The molecular weight excluding hydrogens is 875 g/mol. The summed E-state index contributed by atoms with van der Waals surface area (Å²) in [7, 11) is 0. The molecule has 0 fully saturated rings. The zero-order valence-electron chi connectivity index (χ0n) is 39.2. The molecule has 11 aromatic carbocycles. The minimum atomic E-state index is -0.285. The fraction of sp³-hybridized carbons (Fsp3) is 0.0149. The molecule has 2 heterocycles. The van der Waals surface area contributed by atoms with Gasteiger partial charge >= 0.3 is 0 Å². The average Bonchev–Trinajstić information content (AvgIpc) is 3.47. The van der Waals surface area contributed by atoms with Gasteiger partial charge in [-0.25, -0.2) is 20.0 Å². The van der Waals surface area contributed by atoms with Crippen molar-refractivity contribution >= 4 is 44.0 Å². The maximum Gasteiger partial charge on any atom is 0.160 e. The summed E-state index contributed by atoms with van der Waals surface area (Å²) in [5, 5.41) is 10.8. The van der Waals surface area contributed by atoms with Crippen LogP contribution in [0, 0.1) is 0 Å². The highest BCUT2D eigenvalue weighted by Crippen LogP contribution is 2.41. The molecule has 13 rings (SSSR count). The zero-order valence-corrected chi connectivity index (χ0v) is 39.2. The Morgan fingerprint density at radius 3 is 1.29 bits per heavy atom. The van der Waals surface area contributed by atoms with Crippen LogP contribution >= 0.6 is 0 Å². The van der Waals surface area contributed by atoms with Crippen LogP contribution in [0.5, 0.6) is 0 Å². The minimum absolute atomic E-state index is 0.285. The molecule has 0 amide bonds. The molecule has 0 radical (unpaired) electrons. The Morgan fingerprint density at radius 1 is 0.306 bits per heavy atom. The average molecular weight is 920 g/mol. The first-order valence-corrected chi connectivity index (χ1v) is 24.4. The van der Waals surface area contributed by atoms with E-state index in [4.69, 9.17) is 20.0 Å². The summed E-state index contributed by atoms with van der Waals surface area (Å²) in [5.41, 5.74) is 15.0. The van der Waals surface area contributed by atoms with Crippen molar-refractivity contribution in [1.29, 1.82) is 0 Å². The van der Waals surface area contributed by atoms with Gasteiger partial charge in [-0.3, -0.25) is 0 Å². The molecule has 12 aromatic rings. The van der Waals surface area contributed by atoms with Crippen LogP contribution in [0.4, 0.5) is 0 Å². The van der Waals surface area contributed by atoms with E-state index >= 15 is 0 Å². The van der Waals surface area contributed by atoms with Gasteiger partial charge in [-0.1, -0.05) is 255 Å². The number of aromatic nitrogens is 2. The molecule has 0 aliphatic carbocycles. The number of aliphatic imine (C=N–C) groups is 2. The Morgan fingerprint density at radius 2 is 0.736 bits per heavy atom.